The van der Waals surface area contributed by atoms with Gasteiger partial charge >= 0.3 is 7.69 Å². The van der Waals surface area contributed by atoms with Gasteiger partial charge < -0.3 is 28.3 Å². The summed E-state index contributed by atoms with van der Waals surface area (Å²) < 4.78 is 22.2. The average Bonchev–Trinajstić information content (AvgIpc) is 4.09. The lowest BCUT2D eigenvalue weighted by atomic mass is 10.00. The first kappa shape index (κ1) is 54.4. The van der Waals surface area contributed by atoms with Gasteiger partial charge in [-0.05, 0) is 188 Å². The average molecular weight is 1110 g/mol. The van der Waals surface area contributed by atoms with Crippen LogP contribution in [0.1, 0.15) is 57.5 Å². The van der Waals surface area contributed by atoms with E-state index in [0.717, 1.165) is 94.6 Å². The molecule has 80 heavy (non-hydrogen) atoms. The first-order valence-corrected chi connectivity index (χ1v) is 27.8. The van der Waals surface area contributed by atoms with E-state index >= 15 is 0 Å². The molecule has 0 aliphatic rings. The van der Waals surface area contributed by atoms with E-state index in [1.165, 1.54) is 49.7 Å². The SMILES string of the molecule is O=Cc1ccc(OCCCCc2ccc(-c3ccc4c(c3)c3ccccc3n4-c3ccccc3)cc2)cc1.O=Cc1ccc(OCCCCc2ccc(Br)cc2)cc1.O[B]Oc1ccc2c(c1)c1ccccc1n2-c1ccccc1. The molecule has 10 heteroatoms. The number of unbranched alkanes of at least 4 members (excludes halogenated alkanes) is 2. The number of ether oxygens (including phenoxy) is 2. The molecule has 0 fully saturated rings. The number of aryl methyl sites for hydroxylation is 2. The predicted molar refractivity (Wildman–Crippen MR) is 330 cm³/mol. The first-order chi connectivity index (χ1) is 39.5. The van der Waals surface area contributed by atoms with E-state index in [1.807, 2.05) is 72.8 Å². The van der Waals surface area contributed by atoms with Crippen LogP contribution in [0.5, 0.6) is 17.2 Å². The fourth-order valence-electron chi connectivity index (χ4n) is 9.99. The number of carbonyl (C=O) groups excluding carboxylic acids is 2. The number of hydrogen-bond donors (Lipinski definition) is 1. The Hall–Kier alpha value is -8.96. The summed E-state index contributed by atoms with van der Waals surface area (Å²) in [6.07, 6.45) is 7.95. The zero-order valence-corrected chi connectivity index (χ0v) is 45.8. The molecular weight excluding hydrogens is 1060 g/mol. The summed E-state index contributed by atoms with van der Waals surface area (Å²) in [6.45, 7) is 1.38. The van der Waals surface area contributed by atoms with E-state index in [0.29, 0.717) is 37.8 Å². The third-order valence-electron chi connectivity index (χ3n) is 14.0. The minimum absolute atomic E-state index is 0.617. The van der Waals surface area contributed by atoms with Crippen LogP contribution in [0.2, 0.25) is 0 Å². The minimum atomic E-state index is 0.617. The largest absolute Gasteiger partial charge is 0.569 e. The number of aldehydes is 2. The number of aromatic nitrogens is 2. The smallest absolute Gasteiger partial charge is 0.537 e. The van der Waals surface area contributed by atoms with Crippen molar-refractivity contribution in [2.24, 2.45) is 0 Å². The standard InChI is InChI=1S/C35H29NO2.C18H13BNO2.C17H17BrO2/c37-25-27-15-20-31(21-16-27)38-23-7-6-8-26-13-17-28(18-14-26)29-19-22-35-33(24-29)32-11-4-5-12-34(32)36(35)30-9-2-1-3-10-30;21-19-22-14-10-11-18-16(12-14)15-8-4-5-9-17(15)20(18)13-6-2-1-3-7-13;18-16-8-4-14(5-9-16)3-1-2-12-20-17-10-6-15(13-19)7-11-17/h1-5,9-22,24-25H,6-8,23H2;1-12,21H;4-11,13H,1-3,12H2. The fourth-order valence-corrected chi connectivity index (χ4v) is 10.3. The van der Waals surface area contributed by atoms with Gasteiger partial charge in [0, 0.05) is 48.5 Å². The van der Waals surface area contributed by atoms with Crippen LogP contribution in [0.15, 0.2) is 247 Å². The monoisotopic (exact) mass is 1110 g/mol. The lowest BCUT2D eigenvalue weighted by molar-refractivity contribution is 0.111. The van der Waals surface area contributed by atoms with Crippen LogP contribution >= 0.6 is 15.9 Å². The first-order valence-electron chi connectivity index (χ1n) is 27.0. The molecule has 2 aromatic heterocycles. The fraction of sp³-hybridized carbons (Fsp3) is 0.114. The van der Waals surface area contributed by atoms with E-state index < -0.39 is 0 Å². The Morgan fingerprint density at radius 3 is 1.30 bits per heavy atom. The Bertz CT molecular complexity index is 3940. The second kappa shape index (κ2) is 27.1. The maximum Gasteiger partial charge on any atom is 0.569 e. The quantitative estimate of drug-likeness (QED) is 0.0493. The van der Waals surface area contributed by atoms with Gasteiger partial charge in [-0.2, -0.15) is 0 Å². The molecule has 12 aromatic rings. The van der Waals surface area contributed by atoms with Crippen LogP contribution in [-0.2, 0) is 12.8 Å². The van der Waals surface area contributed by atoms with Gasteiger partial charge in [-0.3, -0.25) is 9.59 Å². The molecule has 2 heterocycles. The number of rotatable bonds is 19. The number of halogens is 1. The van der Waals surface area contributed by atoms with E-state index in [2.05, 4.69) is 171 Å². The molecule has 0 spiro atoms. The van der Waals surface area contributed by atoms with E-state index in [1.54, 1.807) is 24.3 Å². The number of fused-ring (bicyclic) bond motifs is 6. The van der Waals surface area contributed by atoms with Gasteiger partial charge in [0.1, 0.15) is 29.8 Å². The highest BCUT2D eigenvalue weighted by Crippen LogP contribution is 2.36. The van der Waals surface area contributed by atoms with E-state index in [4.69, 9.17) is 19.2 Å². The zero-order valence-electron chi connectivity index (χ0n) is 44.2. The number of benzene rings is 10. The van der Waals surface area contributed by atoms with Crippen LogP contribution < -0.4 is 14.1 Å². The summed E-state index contributed by atoms with van der Waals surface area (Å²) in [4.78, 5) is 21.3. The Morgan fingerprint density at radius 1 is 0.400 bits per heavy atom. The third-order valence-corrected chi connectivity index (χ3v) is 14.6. The van der Waals surface area contributed by atoms with Crippen LogP contribution in [0.4, 0.5) is 0 Å². The number of nitrogens with zero attached hydrogens (tertiary/aromatic N) is 2. The third kappa shape index (κ3) is 13.5. The highest BCUT2D eigenvalue weighted by Gasteiger charge is 2.15. The van der Waals surface area contributed by atoms with Gasteiger partial charge in [0.15, 0.2) is 0 Å². The van der Waals surface area contributed by atoms with Crippen LogP contribution in [0, 0.1) is 0 Å². The lowest BCUT2D eigenvalue weighted by Crippen LogP contribution is -1.99. The van der Waals surface area contributed by atoms with Gasteiger partial charge in [-0.15, -0.1) is 0 Å². The molecule has 8 nitrogen and oxygen atoms in total. The normalized spacial score (nSPS) is 10.9. The molecule has 10 aromatic carbocycles. The van der Waals surface area contributed by atoms with Crippen molar-refractivity contribution < 1.29 is 28.7 Å². The van der Waals surface area contributed by atoms with Crippen LogP contribution in [-0.4, -0.2) is 47.6 Å². The molecule has 0 saturated heterocycles. The maximum atomic E-state index is 10.8. The van der Waals surface area contributed by atoms with Crippen molar-refractivity contribution in [1.82, 2.24) is 9.13 Å². The zero-order chi connectivity index (χ0) is 54.9. The molecule has 0 saturated carbocycles. The summed E-state index contributed by atoms with van der Waals surface area (Å²) in [5, 5.41) is 13.6. The maximum absolute atomic E-state index is 10.8. The summed E-state index contributed by atoms with van der Waals surface area (Å²) in [5.41, 5.74) is 13.5. The molecule has 0 bridgehead atoms. The Labute approximate surface area is 475 Å². The van der Waals surface area contributed by atoms with Crippen molar-refractivity contribution in [2.45, 2.75) is 38.5 Å². The van der Waals surface area contributed by atoms with Crippen LogP contribution in [0.3, 0.4) is 0 Å². The molecule has 0 atom stereocenters. The van der Waals surface area contributed by atoms with E-state index in [-0.39, 0.29) is 0 Å². The molecule has 12 rings (SSSR count). The molecular formula is C70H59BBrN2O6. The van der Waals surface area contributed by atoms with Gasteiger partial charge in [-0.25, -0.2) is 0 Å². The van der Waals surface area contributed by atoms with Crippen molar-refractivity contribution in [1.29, 1.82) is 0 Å². The Kier molecular flexibility index (Phi) is 18.4. The lowest BCUT2D eigenvalue weighted by Gasteiger charge is -2.09. The minimum Gasteiger partial charge on any atom is -0.537 e. The van der Waals surface area contributed by atoms with Crippen molar-refractivity contribution in [3.05, 3.63) is 269 Å². The highest BCUT2D eigenvalue weighted by molar-refractivity contribution is 9.10. The summed E-state index contributed by atoms with van der Waals surface area (Å²) in [6, 6.07) is 82.2. The Balaban J connectivity index is 0.000000146. The number of para-hydroxylation sites is 4. The second-order valence-electron chi connectivity index (χ2n) is 19.3. The Morgan fingerprint density at radius 2 is 0.812 bits per heavy atom. The predicted octanol–water partition coefficient (Wildman–Crippen LogP) is 17.0. The number of hydrogen-bond acceptors (Lipinski definition) is 6. The van der Waals surface area contributed by atoms with Gasteiger partial charge in [0.25, 0.3) is 0 Å². The van der Waals surface area contributed by atoms with Crippen LogP contribution in [0.25, 0.3) is 66.1 Å². The summed E-state index contributed by atoms with van der Waals surface area (Å²) >= 11 is 3.43. The van der Waals surface area contributed by atoms with Gasteiger partial charge in [0.2, 0.25) is 0 Å². The van der Waals surface area contributed by atoms with Gasteiger partial charge in [-0.1, -0.05) is 131 Å². The van der Waals surface area contributed by atoms with Crippen molar-refractivity contribution in [3.8, 4) is 39.8 Å². The summed E-state index contributed by atoms with van der Waals surface area (Å²) in [7, 11) is 0.706. The molecule has 395 valence electrons. The molecule has 0 unspecified atom stereocenters. The van der Waals surface area contributed by atoms with E-state index in [9.17, 15) is 9.59 Å². The molecule has 0 aliphatic heterocycles. The molecule has 0 amide bonds. The van der Waals surface area contributed by atoms with Gasteiger partial charge in [0.05, 0.1) is 35.3 Å². The van der Waals surface area contributed by atoms with Crippen molar-refractivity contribution >= 4 is 79.8 Å². The van der Waals surface area contributed by atoms with Crippen molar-refractivity contribution in [2.75, 3.05) is 13.2 Å². The molecule has 1 radical (unpaired) electrons. The topological polar surface area (TPSA) is 91.9 Å². The molecule has 1 N–H and O–H groups in total. The van der Waals surface area contributed by atoms with Crippen molar-refractivity contribution in [3.63, 3.8) is 0 Å². The summed E-state index contributed by atoms with van der Waals surface area (Å²) in [5.74, 6) is 2.24. The highest BCUT2D eigenvalue weighted by atomic mass is 79.9. The number of carbonyl (C=O) groups is 2. The second-order valence-corrected chi connectivity index (χ2v) is 20.2. The molecule has 0 aliphatic carbocycles.